The number of thiazole rings is 1. The minimum atomic E-state index is -4.06. The van der Waals surface area contributed by atoms with Crippen molar-refractivity contribution in [1.29, 1.82) is 5.41 Å². The van der Waals surface area contributed by atoms with E-state index in [4.69, 9.17) is 26.6 Å². The summed E-state index contributed by atoms with van der Waals surface area (Å²) in [5.41, 5.74) is 13.3. The number of rotatable bonds is 11. The molecular formula is C26H30Cl2N6O4S2. The molecule has 0 radical (unpaired) electrons. The van der Waals surface area contributed by atoms with E-state index in [2.05, 4.69) is 10.0 Å². The number of methoxy groups -OCH3 is 1. The minimum absolute atomic E-state index is 0. The van der Waals surface area contributed by atoms with E-state index in [0.29, 0.717) is 21.8 Å². The summed E-state index contributed by atoms with van der Waals surface area (Å²) in [6.07, 6.45) is 0.258. The number of fused-ring (bicyclic) bond motifs is 1. The second kappa shape index (κ2) is 14.4. The molecule has 40 heavy (non-hydrogen) atoms. The second-order valence-corrected chi connectivity index (χ2v) is 11.2. The van der Waals surface area contributed by atoms with Crippen LogP contribution in [0.5, 0.6) is 5.75 Å². The third-order valence-electron chi connectivity index (χ3n) is 5.72. The van der Waals surface area contributed by atoms with Crippen LogP contribution >= 0.6 is 36.2 Å². The average molecular weight is 626 g/mol. The molecule has 0 aliphatic carbocycles. The van der Waals surface area contributed by atoms with Gasteiger partial charge in [-0.05, 0) is 54.4 Å². The van der Waals surface area contributed by atoms with Gasteiger partial charge in [-0.1, -0.05) is 24.3 Å². The molecule has 1 heterocycles. The summed E-state index contributed by atoms with van der Waals surface area (Å²) in [6, 6.07) is 17.6. The number of sulfonamides is 1. The Hall–Kier alpha value is -3.26. The number of benzene rings is 3. The maximum Gasteiger partial charge on any atom is 0.251 e. The highest BCUT2D eigenvalue weighted by Crippen LogP contribution is 2.32. The Balaban J connectivity index is 0.00000280. The van der Waals surface area contributed by atoms with Gasteiger partial charge in [-0.25, -0.2) is 18.1 Å². The first-order valence-electron chi connectivity index (χ1n) is 11.7. The SMILES string of the molecule is COc1ccc2nc(C(Cc3cccc(C(=N)N)c3)NS(=O)(=O)c3cccc(C(=O)NCCN)c3)sc2c1.Cl.Cl. The highest BCUT2D eigenvalue weighted by Gasteiger charge is 2.26. The van der Waals surface area contributed by atoms with Gasteiger partial charge < -0.3 is 21.5 Å². The van der Waals surface area contributed by atoms with Gasteiger partial charge in [-0.15, -0.1) is 36.2 Å². The number of hydrogen-bond donors (Lipinski definition) is 5. The fourth-order valence-electron chi connectivity index (χ4n) is 3.83. The molecule has 0 spiro atoms. The summed E-state index contributed by atoms with van der Waals surface area (Å²) in [5.74, 6) is 0.176. The van der Waals surface area contributed by atoms with Crippen LogP contribution in [0, 0.1) is 5.41 Å². The molecule has 0 fully saturated rings. The number of carbonyl (C=O) groups excluding carboxylic acids is 1. The van der Waals surface area contributed by atoms with Gasteiger partial charge in [0.05, 0.1) is 28.3 Å². The molecule has 10 nitrogen and oxygen atoms in total. The fraction of sp³-hybridized carbons (Fsp3) is 0.192. The molecule has 214 valence electrons. The number of ether oxygens (including phenoxy) is 1. The highest BCUT2D eigenvalue weighted by molar-refractivity contribution is 7.89. The molecule has 1 atom stereocenters. The molecule has 7 N–H and O–H groups in total. The van der Waals surface area contributed by atoms with Crippen LogP contribution < -0.4 is 26.2 Å². The van der Waals surface area contributed by atoms with Crippen molar-refractivity contribution in [1.82, 2.24) is 15.0 Å². The number of aromatic nitrogens is 1. The maximum absolute atomic E-state index is 13.5. The molecule has 0 aliphatic heterocycles. The van der Waals surface area contributed by atoms with Gasteiger partial charge >= 0.3 is 0 Å². The van der Waals surface area contributed by atoms with E-state index in [0.717, 1.165) is 10.3 Å². The van der Waals surface area contributed by atoms with Crippen LogP contribution in [0.1, 0.15) is 32.5 Å². The zero-order chi connectivity index (χ0) is 27.3. The first kappa shape index (κ1) is 32.9. The van der Waals surface area contributed by atoms with Crippen molar-refractivity contribution < 1.29 is 17.9 Å². The third-order valence-corrected chi connectivity index (χ3v) is 8.32. The summed E-state index contributed by atoms with van der Waals surface area (Å²) in [4.78, 5) is 17.0. The van der Waals surface area contributed by atoms with Gasteiger partial charge in [0.25, 0.3) is 5.91 Å². The molecule has 4 aromatic rings. The number of hydrogen-bond acceptors (Lipinski definition) is 8. The number of amidine groups is 1. The summed E-state index contributed by atoms with van der Waals surface area (Å²) in [5, 5.41) is 10.9. The van der Waals surface area contributed by atoms with Crippen molar-refractivity contribution in [3.05, 3.63) is 88.4 Å². The van der Waals surface area contributed by atoms with Crippen LogP contribution in [0.2, 0.25) is 0 Å². The lowest BCUT2D eigenvalue weighted by atomic mass is 10.0. The molecule has 0 bridgehead atoms. The molecule has 4 rings (SSSR count). The van der Waals surface area contributed by atoms with E-state index < -0.39 is 22.0 Å². The van der Waals surface area contributed by atoms with E-state index in [1.807, 2.05) is 18.2 Å². The Morgan fingerprint density at radius 2 is 1.80 bits per heavy atom. The quantitative estimate of drug-likeness (QED) is 0.126. The Bertz CT molecular complexity index is 1600. The van der Waals surface area contributed by atoms with Crippen molar-refractivity contribution in [2.75, 3.05) is 20.2 Å². The van der Waals surface area contributed by atoms with Crippen molar-refractivity contribution >= 4 is 68.1 Å². The predicted octanol–water partition coefficient (Wildman–Crippen LogP) is 3.38. The van der Waals surface area contributed by atoms with Crippen LogP contribution in [-0.2, 0) is 16.4 Å². The normalized spacial score (nSPS) is 11.7. The van der Waals surface area contributed by atoms with E-state index >= 15 is 0 Å². The molecule has 0 saturated heterocycles. The van der Waals surface area contributed by atoms with E-state index in [1.54, 1.807) is 31.4 Å². The fourth-order valence-corrected chi connectivity index (χ4v) is 6.19. The molecule has 14 heteroatoms. The first-order chi connectivity index (χ1) is 18.2. The number of nitrogen functional groups attached to an aromatic ring is 1. The number of nitrogens with two attached hydrogens (primary N) is 2. The van der Waals surface area contributed by atoms with Crippen molar-refractivity contribution in [3.8, 4) is 5.75 Å². The van der Waals surface area contributed by atoms with Crippen molar-refractivity contribution in [2.45, 2.75) is 17.4 Å². The standard InChI is InChI=1S/C26H28N6O4S2.2ClH/c1-36-19-8-9-21-23(15-19)37-26(31-21)22(13-16-4-2-5-17(12-16)24(28)29)32-38(34,35)20-7-3-6-18(14-20)25(33)30-11-10-27;;/h2-9,12,14-15,22,32H,10-11,13,27H2,1H3,(H3,28,29)(H,30,33);2*1H. The molecule has 1 aromatic heterocycles. The monoisotopic (exact) mass is 624 g/mol. The Labute approximate surface area is 248 Å². The largest absolute Gasteiger partial charge is 0.497 e. The lowest BCUT2D eigenvalue weighted by Gasteiger charge is -2.18. The zero-order valence-electron chi connectivity index (χ0n) is 21.4. The third kappa shape index (κ3) is 7.90. The minimum Gasteiger partial charge on any atom is -0.497 e. The van der Waals surface area contributed by atoms with Gasteiger partial charge in [-0.3, -0.25) is 10.2 Å². The summed E-state index contributed by atoms with van der Waals surface area (Å²) < 4.78 is 36.0. The summed E-state index contributed by atoms with van der Waals surface area (Å²) in [7, 11) is -2.48. The highest BCUT2D eigenvalue weighted by atomic mass is 35.5. The van der Waals surface area contributed by atoms with Gasteiger partial charge in [0, 0.05) is 24.2 Å². The Morgan fingerprint density at radius 3 is 2.50 bits per heavy atom. The molecule has 0 aliphatic rings. The zero-order valence-corrected chi connectivity index (χ0v) is 24.7. The number of carbonyl (C=O) groups is 1. The Morgan fingerprint density at radius 1 is 1.07 bits per heavy atom. The van der Waals surface area contributed by atoms with E-state index in [-0.39, 0.29) is 60.6 Å². The lowest BCUT2D eigenvalue weighted by Crippen LogP contribution is -2.31. The number of halogens is 2. The van der Waals surface area contributed by atoms with Crippen molar-refractivity contribution in [3.63, 3.8) is 0 Å². The first-order valence-corrected chi connectivity index (χ1v) is 14.0. The van der Waals surface area contributed by atoms with E-state index in [1.165, 1.54) is 35.6 Å². The second-order valence-electron chi connectivity index (χ2n) is 8.45. The molecule has 3 aromatic carbocycles. The smallest absolute Gasteiger partial charge is 0.251 e. The van der Waals surface area contributed by atoms with Gasteiger partial charge in [-0.2, -0.15) is 0 Å². The Kier molecular flexibility index (Phi) is 11.9. The van der Waals surface area contributed by atoms with Gasteiger partial charge in [0.15, 0.2) is 0 Å². The van der Waals surface area contributed by atoms with Crippen LogP contribution in [0.3, 0.4) is 0 Å². The topological polar surface area (TPSA) is 173 Å². The van der Waals surface area contributed by atoms with Gasteiger partial charge in [0.1, 0.15) is 16.6 Å². The molecule has 0 saturated carbocycles. The summed E-state index contributed by atoms with van der Waals surface area (Å²) in [6.45, 7) is 0.545. The average Bonchev–Trinajstić information content (AvgIpc) is 3.35. The predicted molar refractivity (Wildman–Crippen MR) is 163 cm³/mol. The van der Waals surface area contributed by atoms with Crippen molar-refractivity contribution in [2.24, 2.45) is 11.5 Å². The van der Waals surface area contributed by atoms with Crippen LogP contribution in [0.25, 0.3) is 10.2 Å². The van der Waals surface area contributed by atoms with Gasteiger partial charge in [0.2, 0.25) is 10.0 Å². The number of nitrogens with zero attached hydrogens (tertiary/aromatic N) is 1. The van der Waals surface area contributed by atoms with Crippen LogP contribution in [0.4, 0.5) is 0 Å². The molecular weight excluding hydrogens is 595 g/mol. The maximum atomic E-state index is 13.5. The molecule has 1 amide bonds. The van der Waals surface area contributed by atoms with Crippen LogP contribution in [0.15, 0.2) is 71.6 Å². The number of amides is 1. The van der Waals surface area contributed by atoms with E-state index in [9.17, 15) is 13.2 Å². The number of nitrogens with one attached hydrogen (secondary N) is 3. The van der Waals surface area contributed by atoms with Crippen LogP contribution in [-0.4, -0.2) is 45.3 Å². The summed E-state index contributed by atoms with van der Waals surface area (Å²) >= 11 is 1.36. The molecule has 1 unspecified atom stereocenters. The lowest BCUT2D eigenvalue weighted by molar-refractivity contribution is 0.0954.